The van der Waals surface area contributed by atoms with Crippen molar-refractivity contribution < 1.29 is 16.9 Å². The predicted molar refractivity (Wildman–Crippen MR) is 96.2 cm³/mol. The van der Waals surface area contributed by atoms with Crippen molar-refractivity contribution in [3.8, 4) is 0 Å². The van der Waals surface area contributed by atoms with Crippen LogP contribution in [0.1, 0.15) is 5.56 Å². The molecule has 0 aliphatic rings. The van der Waals surface area contributed by atoms with E-state index in [9.17, 15) is 0 Å². The van der Waals surface area contributed by atoms with Gasteiger partial charge in [-0.15, -0.1) is 0 Å². The Kier molecular flexibility index (Phi) is 6.36. The van der Waals surface area contributed by atoms with Gasteiger partial charge in [-0.2, -0.15) is 0 Å². The van der Waals surface area contributed by atoms with Crippen molar-refractivity contribution >= 4 is 18.1 Å². The van der Waals surface area contributed by atoms with Crippen molar-refractivity contribution in [3.05, 3.63) is 96.6 Å². The molecule has 3 aromatic rings. The van der Waals surface area contributed by atoms with Gasteiger partial charge >= 0.3 is 0 Å². The summed E-state index contributed by atoms with van der Waals surface area (Å²) in [7, 11) is -0.0597. The van der Waals surface area contributed by atoms with Gasteiger partial charge in [-0.25, -0.2) is 4.52 Å². The number of rotatable bonds is 5. The summed E-state index contributed by atoms with van der Waals surface area (Å²) in [6.07, 6.45) is 0.915. The average molecular weight is 343 g/mol. The molecule has 0 spiro atoms. The minimum absolute atomic E-state index is 0. The van der Waals surface area contributed by atoms with E-state index < -0.39 is 7.49 Å². The molecule has 0 radical (unpaired) electrons. The lowest BCUT2D eigenvalue weighted by Gasteiger charge is -2.24. The molecule has 3 aromatic carbocycles. The van der Waals surface area contributed by atoms with Gasteiger partial charge in [0.15, 0.2) is 0 Å². The first-order valence-corrected chi connectivity index (χ1v) is 9.33. The first-order chi connectivity index (χ1) is 10.8. The van der Waals surface area contributed by atoms with Gasteiger partial charge in [-0.05, 0) is 29.8 Å². The number of hydrogen-bond donors (Lipinski definition) is 0. The lowest BCUT2D eigenvalue weighted by molar-refractivity contribution is -0.00000484. The summed E-state index contributed by atoms with van der Waals surface area (Å²) in [6.45, 7) is 0. The molecule has 0 heterocycles. The first kappa shape index (κ1) is 17.7. The van der Waals surface area contributed by atoms with E-state index >= 15 is 0 Å². The predicted octanol–water partition coefficient (Wildman–Crippen LogP) is 1.42. The van der Waals surface area contributed by atoms with Crippen LogP contribution in [0.2, 0.25) is 0 Å². The third-order valence-corrected chi connectivity index (χ3v) is 7.60. The van der Waals surface area contributed by atoms with E-state index in [1.807, 2.05) is 7.11 Å². The van der Waals surface area contributed by atoms with E-state index in [0.717, 1.165) is 6.16 Å². The number of halogens is 1. The van der Waals surface area contributed by atoms with Gasteiger partial charge in [0.25, 0.3) is 0 Å². The molecule has 0 saturated carbocycles. The molecule has 0 fully saturated rings. The van der Waals surface area contributed by atoms with E-state index in [2.05, 4.69) is 91.0 Å². The van der Waals surface area contributed by atoms with E-state index in [1.54, 1.807) is 0 Å². The van der Waals surface area contributed by atoms with Crippen LogP contribution in [0.25, 0.3) is 0 Å². The third-order valence-electron chi connectivity index (χ3n) is 3.91. The zero-order valence-corrected chi connectivity index (χ0v) is 14.8. The van der Waals surface area contributed by atoms with Gasteiger partial charge in [-0.3, -0.25) is 0 Å². The highest BCUT2D eigenvalue weighted by Crippen LogP contribution is 2.59. The van der Waals surface area contributed by atoms with Crippen molar-refractivity contribution in [1.29, 1.82) is 0 Å². The topological polar surface area (TPSA) is 9.23 Å². The molecule has 23 heavy (non-hydrogen) atoms. The number of benzene rings is 3. The maximum Gasteiger partial charge on any atom is 0.214 e. The highest BCUT2D eigenvalue weighted by molar-refractivity contribution is 7.84. The molecular formula is C20H20ClOP. The largest absolute Gasteiger partial charge is 1.00 e. The Labute approximate surface area is 145 Å². The van der Waals surface area contributed by atoms with Crippen LogP contribution in [-0.2, 0) is 10.7 Å². The van der Waals surface area contributed by atoms with Crippen LogP contribution in [0.15, 0.2) is 91.0 Å². The first-order valence-electron chi connectivity index (χ1n) is 7.44. The standard InChI is InChI=1S/C20H20OP.ClH/c1-21-22(19-13-7-3-8-14-19,20-15-9-4-10-16-20)17-18-11-5-2-6-12-18;/h2-16H,17H2,1H3;1H/q+1;/p-1. The maximum atomic E-state index is 6.23. The van der Waals surface area contributed by atoms with E-state index in [0.29, 0.717) is 0 Å². The molecule has 0 atom stereocenters. The van der Waals surface area contributed by atoms with E-state index in [-0.39, 0.29) is 12.4 Å². The van der Waals surface area contributed by atoms with Crippen LogP contribution in [0.3, 0.4) is 0 Å². The van der Waals surface area contributed by atoms with Gasteiger partial charge in [-0.1, -0.05) is 66.7 Å². The highest BCUT2D eigenvalue weighted by atomic mass is 35.5. The van der Waals surface area contributed by atoms with Crippen LogP contribution in [-0.4, -0.2) is 7.11 Å². The minimum atomic E-state index is -1.90. The normalized spacial score (nSPS) is 10.8. The average Bonchev–Trinajstić information content (AvgIpc) is 2.62. The SMILES string of the molecule is CO[P+](Cc1ccccc1)(c1ccccc1)c1ccccc1.[Cl-]. The number of hydrogen-bond acceptors (Lipinski definition) is 1. The molecule has 118 valence electrons. The molecule has 0 aromatic heterocycles. The van der Waals surface area contributed by atoms with Crippen molar-refractivity contribution in [1.82, 2.24) is 0 Å². The Balaban J connectivity index is 0.00000192. The van der Waals surface area contributed by atoms with Gasteiger partial charge in [0.1, 0.15) is 16.8 Å². The van der Waals surface area contributed by atoms with Gasteiger partial charge in [0.05, 0.1) is 7.11 Å². The zero-order valence-electron chi connectivity index (χ0n) is 13.1. The van der Waals surface area contributed by atoms with Crippen molar-refractivity contribution in [2.75, 3.05) is 7.11 Å². The van der Waals surface area contributed by atoms with E-state index in [4.69, 9.17) is 4.52 Å². The van der Waals surface area contributed by atoms with Crippen molar-refractivity contribution in [2.45, 2.75) is 6.16 Å². The minimum Gasteiger partial charge on any atom is -1.00 e. The molecule has 0 aliphatic carbocycles. The third kappa shape index (κ3) is 3.82. The quantitative estimate of drug-likeness (QED) is 0.637. The molecule has 0 aliphatic heterocycles. The highest BCUT2D eigenvalue weighted by Gasteiger charge is 2.44. The Morgan fingerprint density at radius 2 is 1.04 bits per heavy atom. The summed E-state index contributed by atoms with van der Waals surface area (Å²) in [4.78, 5) is 0. The Hall–Kier alpha value is -1.66. The summed E-state index contributed by atoms with van der Waals surface area (Å²) in [6, 6.07) is 31.8. The monoisotopic (exact) mass is 342 g/mol. The molecule has 3 rings (SSSR count). The van der Waals surface area contributed by atoms with Crippen molar-refractivity contribution in [2.24, 2.45) is 0 Å². The summed E-state index contributed by atoms with van der Waals surface area (Å²) in [5.41, 5.74) is 1.31. The molecular weight excluding hydrogens is 323 g/mol. The van der Waals surface area contributed by atoms with Gasteiger partial charge < -0.3 is 12.4 Å². The van der Waals surface area contributed by atoms with Crippen LogP contribution < -0.4 is 23.0 Å². The zero-order chi connectivity index (χ0) is 15.3. The van der Waals surface area contributed by atoms with Crippen LogP contribution >= 0.6 is 7.49 Å². The lowest BCUT2D eigenvalue weighted by Crippen LogP contribution is -3.00. The van der Waals surface area contributed by atoms with Crippen LogP contribution in [0, 0.1) is 0 Å². The molecule has 3 heteroatoms. The summed E-state index contributed by atoms with van der Waals surface area (Å²) < 4.78 is 6.23. The molecule has 0 N–H and O–H groups in total. The molecule has 0 amide bonds. The Bertz CT molecular complexity index is 662. The molecule has 0 bridgehead atoms. The maximum absolute atomic E-state index is 6.23. The van der Waals surface area contributed by atoms with Crippen LogP contribution in [0.5, 0.6) is 0 Å². The fraction of sp³-hybridized carbons (Fsp3) is 0.100. The summed E-state index contributed by atoms with van der Waals surface area (Å²) >= 11 is 0. The van der Waals surface area contributed by atoms with Gasteiger partial charge in [0.2, 0.25) is 7.49 Å². The second kappa shape index (κ2) is 8.26. The fourth-order valence-electron chi connectivity index (χ4n) is 2.79. The van der Waals surface area contributed by atoms with Crippen LogP contribution in [0.4, 0.5) is 0 Å². The second-order valence-electron chi connectivity index (χ2n) is 5.24. The lowest BCUT2D eigenvalue weighted by atomic mass is 10.2. The second-order valence-corrected chi connectivity index (χ2v) is 8.43. The Morgan fingerprint density at radius 3 is 1.43 bits per heavy atom. The molecule has 0 saturated heterocycles. The Morgan fingerprint density at radius 1 is 0.652 bits per heavy atom. The fourth-order valence-corrected chi connectivity index (χ4v) is 6.03. The van der Waals surface area contributed by atoms with Gasteiger partial charge in [0, 0.05) is 0 Å². The molecule has 0 unspecified atom stereocenters. The van der Waals surface area contributed by atoms with E-state index in [1.165, 1.54) is 16.2 Å². The molecule has 1 nitrogen and oxygen atoms in total. The smallest absolute Gasteiger partial charge is 0.214 e. The summed E-state index contributed by atoms with van der Waals surface area (Å²) in [5, 5.41) is 2.57. The summed E-state index contributed by atoms with van der Waals surface area (Å²) in [5.74, 6) is 0. The van der Waals surface area contributed by atoms with Crippen molar-refractivity contribution in [3.63, 3.8) is 0 Å².